The van der Waals surface area contributed by atoms with Crippen LogP contribution in [-0.2, 0) is 0 Å². The number of amides is 1. The molecular weight excluding hydrogens is 400 g/mol. The lowest BCUT2D eigenvalue weighted by molar-refractivity contribution is 0.0955. The number of aromatic amines is 1. The summed E-state index contributed by atoms with van der Waals surface area (Å²) in [6.45, 7) is 4.22. The van der Waals surface area contributed by atoms with E-state index in [0.717, 1.165) is 26.2 Å². The van der Waals surface area contributed by atoms with Gasteiger partial charge in [0.2, 0.25) is 0 Å². The van der Waals surface area contributed by atoms with Gasteiger partial charge in [-0.05, 0) is 35.9 Å². The van der Waals surface area contributed by atoms with Crippen LogP contribution in [0.3, 0.4) is 0 Å². The smallest absolute Gasteiger partial charge is 0.271 e. The number of carbonyl (C=O) groups excluding carboxylic acids is 1. The molecule has 2 N–H and O–H groups in total. The van der Waals surface area contributed by atoms with Crippen molar-refractivity contribution in [2.75, 3.05) is 0 Å². The molecule has 0 saturated carbocycles. The van der Waals surface area contributed by atoms with E-state index < -0.39 is 0 Å². The molecule has 3 aromatic rings. The number of H-pyrrole nitrogens is 1. The SMILES string of the molecule is CC(C)Sc1nc2ccc(C(=O)N/N=C\c3cccc(Br)c3)cc2[nH]1. The lowest BCUT2D eigenvalue weighted by Crippen LogP contribution is -2.17. The van der Waals surface area contributed by atoms with E-state index in [0.29, 0.717) is 10.8 Å². The first-order valence-corrected chi connectivity index (χ1v) is 9.44. The minimum absolute atomic E-state index is 0.263. The predicted molar refractivity (Wildman–Crippen MR) is 106 cm³/mol. The molecule has 3 rings (SSSR count). The third kappa shape index (κ3) is 4.70. The number of imidazole rings is 1. The molecule has 0 atom stereocenters. The minimum atomic E-state index is -0.263. The Morgan fingerprint density at radius 3 is 2.92 bits per heavy atom. The van der Waals surface area contributed by atoms with Gasteiger partial charge in [0.05, 0.1) is 17.2 Å². The number of fused-ring (bicyclic) bond motifs is 1. The number of hydrogen-bond donors (Lipinski definition) is 2. The summed E-state index contributed by atoms with van der Waals surface area (Å²) < 4.78 is 0.961. The van der Waals surface area contributed by atoms with E-state index in [4.69, 9.17) is 0 Å². The second-order valence-corrected chi connectivity index (χ2v) is 8.18. The first-order valence-electron chi connectivity index (χ1n) is 7.76. The van der Waals surface area contributed by atoms with E-state index in [1.54, 1.807) is 30.1 Å². The fourth-order valence-electron chi connectivity index (χ4n) is 2.22. The standard InChI is InChI=1S/C18H17BrN4OS/c1-11(2)25-18-21-15-7-6-13(9-16(15)22-18)17(24)23-20-10-12-4-3-5-14(19)8-12/h3-11H,1-2H3,(H,21,22)(H,23,24)/b20-10-. The fraction of sp³-hybridized carbons (Fsp3) is 0.167. The second-order valence-electron chi connectivity index (χ2n) is 5.69. The zero-order valence-electron chi connectivity index (χ0n) is 13.8. The Labute approximate surface area is 158 Å². The van der Waals surface area contributed by atoms with Gasteiger partial charge in [-0.15, -0.1) is 0 Å². The maximum absolute atomic E-state index is 12.3. The molecule has 7 heteroatoms. The molecule has 0 aliphatic carbocycles. The molecule has 1 aromatic heterocycles. The Hall–Kier alpha value is -2.12. The average molecular weight is 417 g/mol. The summed E-state index contributed by atoms with van der Waals surface area (Å²) in [4.78, 5) is 20.0. The average Bonchev–Trinajstić information content (AvgIpc) is 2.95. The Morgan fingerprint density at radius 2 is 2.16 bits per heavy atom. The lowest BCUT2D eigenvalue weighted by atomic mass is 10.2. The second kappa shape index (κ2) is 7.84. The highest BCUT2D eigenvalue weighted by molar-refractivity contribution is 9.10. The van der Waals surface area contributed by atoms with Crippen LogP contribution in [0.1, 0.15) is 29.8 Å². The fourth-order valence-corrected chi connectivity index (χ4v) is 3.41. The van der Waals surface area contributed by atoms with Crippen LogP contribution in [0, 0.1) is 0 Å². The zero-order valence-corrected chi connectivity index (χ0v) is 16.2. The summed E-state index contributed by atoms with van der Waals surface area (Å²) in [6, 6.07) is 13.0. The van der Waals surface area contributed by atoms with Gasteiger partial charge in [0.1, 0.15) is 0 Å². The number of thioether (sulfide) groups is 1. The number of rotatable bonds is 5. The van der Waals surface area contributed by atoms with Crippen LogP contribution in [0.2, 0.25) is 0 Å². The van der Waals surface area contributed by atoms with Crippen LogP contribution < -0.4 is 5.43 Å². The first-order chi connectivity index (χ1) is 12.0. The number of halogens is 1. The quantitative estimate of drug-likeness (QED) is 0.363. The summed E-state index contributed by atoms with van der Waals surface area (Å²) in [6.07, 6.45) is 1.61. The maximum atomic E-state index is 12.3. The van der Waals surface area contributed by atoms with Crippen molar-refractivity contribution in [2.24, 2.45) is 5.10 Å². The van der Waals surface area contributed by atoms with Crippen molar-refractivity contribution in [3.05, 3.63) is 58.1 Å². The number of benzene rings is 2. The highest BCUT2D eigenvalue weighted by Crippen LogP contribution is 2.23. The van der Waals surface area contributed by atoms with Crippen molar-refractivity contribution >= 4 is 50.8 Å². The Balaban J connectivity index is 1.71. The van der Waals surface area contributed by atoms with E-state index in [2.05, 4.69) is 50.3 Å². The number of hydrazone groups is 1. The van der Waals surface area contributed by atoms with Crippen molar-refractivity contribution in [2.45, 2.75) is 24.3 Å². The Kier molecular flexibility index (Phi) is 5.55. The maximum Gasteiger partial charge on any atom is 0.271 e. The van der Waals surface area contributed by atoms with Crippen LogP contribution in [0.4, 0.5) is 0 Å². The van der Waals surface area contributed by atoms with Crippen molar-refractivity contribution in [3.8, 4) is 0 Å². The molecule has 0 fully saturated rings. The molecule has 128 valence electrons. The van der Waals surface area contributed by atoms with Crippen LogP contribution >= 0.6 is 27.7 Å². The molecule has 5 nitrogen and oxygen atoms in total. The molecular formula is C18H17BrN4OS. The van der Waals surface area contributed by atoms with Gasteiger partial charge in [-0.3, -0.25) is 4.79 Å². The van der Waals surface area contributed by atoms with Crippen LogP contribution in [0.15, 0.2) is 57.2 Å². The number of hydrogen-bond acceptors (Lipinski definition) is 4. The molecule has 0 aliphatic rings. The zero-order chi connectivity index (χ0) is 17.8. The molecule has 0 spiro atoms. The first kappa shape index (κ1) is 17.7. The molecule has 1 amide bonds. The van der Waals surface area contributed by atoms with Crippen LogP contribution in [0.5, 0.6) is 0 Å². The topological polar surface area (TPSA) is 70.1 Å². The van der Waals surface area contributed by atoms with E-state index >= 15 is 0 Å². The number of nitrogens with one attached hydrogen (secondary N) is 2. The summed E-state index contributed by atoms with van der Waals surface area (Å²) in [7, 11) is 0. The van der Waals surface area contributed by atoms with Gasteiger partial charge in [0.15, 0.2) is 5.16 Å². The molecule has 0 bridgehead atoms. The van der Waals surface area contributed by atoms with Gasteiger partial charge in [0.25, 0.3) is 5.91 Å². The molecule has 2 aromatic carbocycles. The van der Waals surface area contributed by atoms with E-state index in [1.165, 1.54) is 0 Å². The molecule has 0 unspecified atom stereocenters. The summed E-state index contributed by atoms with van der Waals surface area (Å²) >= 11 is 5.06. The molecule has 1 heterocycles. The third-order valence-electron chi connectivity index (χ3n) is 3.30. The summed E-state index contributed by atoms with van der Waals surface area (Å²) in [5.41, 5.74) is 5.66. The molecule has 0 saturated heterocycles. The summed E-state index contributed by atoms with van der Waals surface area (Å²) in [5.74, 6) is -0.263. The van der Waals surface area contributed by atoms with Crippen molar-refractivity contribution in [1.29, 1.82) is 0 Å². The lowest BCUT2D eigenvalue weighted by Gasteiger charge is -2.00. The minimum Gasteiger partial charge on any atom is -0.333 e. The van der Waals surface area contributed by atoms with Crippen molar-refractivity contribution in [3.63, 3.8) is 0 Å². The highest BCUT2D eigenvalue weighted by atomic mass is 79.9. The van der Waals surface area contributed by atoms with Gasteiger partial charge in [-0.1, -0.05) is 53.7 Å². The molecule has 25 heavy (non-hydrogen) atoms. The number of carbonyl (C=O) groups is 1. The highest BCUT2D eigenvalue weighted by Gasteiger charge is 2.09. The van der Waals surface area contributed by atoms with Gasteiger partial charge in [0, 0.05) is 15.3 Å². The molecule has 0 radical (unpaired) electrons. The van der Waals surface area contributed by atoms with Crippen molar-refractivity contribution < 1.29 is 4.79 Å². The Morgan fingerprint density at radius 1 is 1.32 bits per heavy atom. The van der Waals surface area contributed by atoms with Gasteiger partial charge < -0.3 is 4.98 Å². The van der Waals surface area contributed by atoms with Crippen LogP contribution in [0.25, 0.3) is 11.0 Å². The van der Waals surface area contributed by atoms with E-state index in [-0.39, 0.29) is 5.91 Å². The van der Waals surface area contributed by atoms with Gasteiger partial charge in [-0.2, -0.15) is 5.10 Å². The van der Waals surface area contributed by atoms with Gasteiger partial charge in [-0.25, -0.2) is 10.4 Å². The largest absolute Gasteiger partial charge is 0.333 e. The predicted octanol–water partition coefficient (Wildman–Crippen LogP) is 4.59. The van der Waals surface area contributed by atoms with E-state index in [9.17, 15) is 4.79 Å². The van der Waals surface area contributed by atoms with Crippen LogP contribution in [-0.4, -0.2) is 27.3 Å². The summed E-state index contributed by atoms with van der Waals surface area (Å²) in [5, 5.41) is 5.31. The monoisotopic (exact) mass is 416 g/mol. The molecule has 0 aliphatic heterocycles. The van der Waals surface area contributed by atoms with E-state index in [1.807, 2.05) is 30.3 Å². The number of aromatic nitrogens is 2. The third-order valence-corrected chi connectivity index (χ3v) is 4.68. The number of nitrogens with zero attached hydrogens (tertiary/aromatic N) is 2. The normalized spacial score (nSPS) is 11.5. The van der Waals surface area contributed by atoms with Crippen molar-refractivity contribution in [1.82, 2.24) is 15.4 Å². The van der Waals surface area contributed by atoms with Gasteiger partial charge >= 0.3 is 0 Å². The Bertz CT molecular complexity index is 936.